The summed E-state index contributed by atoms with van der Waals surface area (Å²) in [6.45, 7) is 1.86. The lowest BCUT2D eigenvalue weighted by Gasteiger charge is -2.30. The molecule has 2 aliphatic heterocycles. The Kier molecular flexibility index (Phi) is 2.55. The number of rotatable bonds is 1. The highest BCUT2D eigenvalue weighted by atomic mass is 16.6. The Morgan fingerprint density at radius 1 is 1.11 bits per heavy atom. The molecule has 0 bridgehead atoms. The maximum absolute atomic E-state index is 11.6. The molecular weight excluding hydrogens is 252 g/mol. The third-order valence-electron chi connectivity index (χ3n) is 4.14. The first-order valence-corrected chi connectivity index (χ1v) is 6.19. The first-order valence-electron chi connectivity index (χ1n) is 6.19. The average Bonchev–Trinajstić information content (AvgIpc) is 2.79. The van der Waals surface area contributed by atoms with Crippen LogP contribution in [0.15, 0.2) is 11.6 Å². The second kappa shape index (κ2) is 4.01. The Hall–Kier alpha value is -1.98. The van der Waals surface area contributed by atoms with E-state index in [0.29, 0.717) is 12.0 Å². The summed E-state index contributed by atoms with van der Waals surface area (Å²) in [5.74, 6) is -3.59. The van der Waals surface area contributed by atoms with Crippen molar-refractivity contribution in [3.05, 3.63) is 11.6 Å². The van der Waals surface area contributed by atoms with Crippen LogP contribution in [-0.2, 0) is 28.7 Å². The first kappa shape index (κ1) is 12.1. The molecule has 0 aromatic rings. The Labute approximate surface area is 108 Å². The van der Waals surface area contributed by atoms with Crippen LogP contribution in [0.2, 0.25) is 0 Å². The van der Waals surface area contributed by atoms with E-state index in [1.165, 1.54) is 0 Å². The highest BCUT2D eigenvalue weighted by Crippen LogP contribution is 2.43. The van der Waals surface area contributed by atoms with Crippen LogP contribution in [0.1, 0.15) is 19.8 Å². The summed E-state index contributed by atoms with van der Waals surface area (Å²) in [6.07, 6.45) is 2.08. The van der Waals surface area contributed by atoms with Crippen molar-refractivity contribution in [3.63, 3.8) is 0 Å². The zero-order chi connectivity index (χ0) is 13.7. The summed E-state index contributed by atoms with van der Waals surface area (Å²) in [7, 11) is 0. The van der Waals surface area contributed by atoms with Crippen molar-refractivity contribution in [1.82, 2.24) is 0 Å². The molecule has 2 fully saturated rings. The maximum atomic E-state index is 11.6. The van der Waals surface area contributed by atoms with Gasteiger partial charge < -0.3 is 9.47 Å². The molecule has 1 aliphatic carbocycles. The van der Waals surface area contributed by atoms with Gasteiger partial charge in [0.25, 0.3) is 0 Å². The average molecular weight is 264 g/mol. The lowest BCUT2D eigenvalue weighted by Crippen LogP contribution is -2.32. The lowest BCUT2D eigenvalue weighted by molar-refractivity contribution is -0.156. The molecule has 3 rings (SSSR count). The zero-order valence-corrected chi connectivity index (χ0v) is 10.3. The molecule has 4 atom stereocenters. The van der Waals surface area contributed by atoms with Crippen LogP contribution in [0, 0.1) is 23.7 Å². The van der Waals surface area contributed by atoms with E-state index in [2.05, 4.69) is 9.47 Å². The van der Waals surface area contributed by atoms with Gasteiger partial charge in [-0.05, 0) is 18.3 Å². The molecule has 0 radical (unpaired) electrons. The number of esters is 4. The van der Waals surface area contributed by atoms with Gasteiger partial charge in [0.1, 0.15) is 0 Å². The van der Waals surface area contributed by atoms with Crippen molar-refractivity contribution in [3.8, 4) is 0 Å². The third kappa shape index (κ3) is 1.78. The fourth-order valence-electron chi connectivity index (χ4n) is 3.14. The fraction of sp³-hybridized carbons (Fsp3) is 0.538. The molecule has 0 aromatic carbocycles. The largest absolute Gasteiger partial charge is 0.393 e. The van der Waals surface area contributed by atoms with Gasteiger partial charge in [-0.25, -0.2) is 4.79 Å². The summed E-state index contributed by atoms with van der Waals surface area (Å²) in [6, 6.07) is 0. The molecule has 19 heavy (non-hydrogen) atoms. The predicted octanol–water partition coefficient (Wildman–Crippen LogP) is 0.358. The highest BCUT2D eigenvalue weighted by molar-refractivity contribution is 6.07. The smallest absolute Gasteiger partial charge is 0.342 e. The van der Waals surface area contributed by atoms with Gasteiger partial charge in [-0.3, -0.25) is 14.4 Å². The molecule has 4 unspecified atom stereocenters. The number of hydrogen-bond donors (Lipinski definition) is 0. The molecule has 0 aromatic heterocycles. The quantitative estimate of drug-likeness (QED) is 0.502. The standard InChI is InChI=1S/C13H12O6/c1-5-2-7-8(13(17)19-12(7)16)3-6(5)9-4-10(14)18-11(9)15/h2,5-6,8-9H,3-4H2,1H3. The molecule has 6 heteroatoms. The second-order valence-electron chi connectivity index (χ2n) is 5.25. The SMILES string of the molecule is CC1C=C2C(=O)OC(=O)C2CC1C1CC(=O)OC1=O. The van der Waals surface area contributed by atoms with Crippen LogP contribution in [-0.4, -0.2) is 23.9 Å². The van der Waals surface area contributed by atoms with E-state index in [1.54, 1.807) is 6.08 Å². The first-order chi connectivity index (χ1) is 8.97. The summed E-state index contributed by atoms with van der Waals surface area (Å²) in [5.41, 5.74) is 0.381. The number of fused-ring (bicyclic) bond motifs is 1. The van der Waals surface area contributed by atoms with E-state index >= 15 is 0 Å². The van der Waals surface area contributed by atoms with Gasteiger partial charge in [0.2, 0.25) is 0 Å². The van der Waals surface area contributed by atoms with Crippen molar-refractivity contribution in [2.75, 3.05) is 0 Å². The molecule has 3 aliphatic rings. The molecule has 0 N–H and O–H groups in total. The van der Waals surface area contributed by atoms with Crippen LogP contribution in [0.3, 0.4) is 0 Å². The summed E-state index contributed by atoms with van der Waals surface area (Å²) in [5, 5.41) is 0. The highest BCUT2D eigenvalue weighted by Gasteiger charge is 2.49. The van der Waals surface area contributed by atoms with Crippen molar-refractivity contribution in [2.24, 2.45) is 23.7 Å². The van der Waals surface area contributed by atoms with E-state index in [-0.39, 0.29) is 18.3 Å². The van der Waals surface area contributed by atoms with Gasteiger partial charge in [0.05, 0.1) is 18.3 Å². The minimum atomic E-state index is -0.600. The van der Waals surface area contributed by atoms with Crippen LogP contribution in [0.4, 0.5) is 0 Å². The van der Waals surface area contributed by atoms with Crippen LogP contribution in [0.25, 0.3) is 0 Å². The van der Waals surface area contributed by atoms with Crippen LogP contribution in [0.5, 0.6) is 0 Å². The Balaban J connectivity index is 1.88. The van der Waals surface area contributed by atoms with Gasteiger partial charge in [0, 0.05) is 5.57 Å². The third-order valence-corrected chi connectivity index (χ3v) is 4.14. The van der Waals surface area contributed by atoms with Crippen molar-refractivity contribution >= 4 is 23.9 Å². The van der Waals surface area contributed by atoms with Crippen molar-refractivity contribution in [2.45, 2.75) is 19.8 Å². The molecule has 100 valence electrons. The predicted molar refractivity (Wildman–Crippen MR) is 59.1 cm³/mol. The number of carbonyl (C=O) groups excluding carboxylic acids is 4. The summed E-state index contributed by atoms with van der Waals surface area (Å²) < 4.78 is 9.14. The van der Waals surface area contributed by atoms with Gasteiger partial charge in [-0.1, -0.05) is 13.0 Å². The molecule has 6 nitrogen and oxygen atoms in total. The van der Waals surface area contributed by atoms with Crippen LogP contribution >= 0.6 is 0 Å². The van der Waals surface area contributed by atoms with E-state index in [9.17, 15) is 19.2 Å². The summed E-state index contributed by atoms with van der Waals surface area (Å²) in [4.78, 5) is 45.8. The molecule has 0 spiro atoms. The van der Waals surface area contributed by atoms with Gasteiger partial charge in [0.15, 0.2) is 0 Å². The Morgan fingerprint density at radius 3 is 2.47 bits per heavy atom. The molecule has 2 heterocycles. The second-order valence-corrected chi connectivity index (χ2v) is 5.25. The summed E-state index contributed by atoms with van der Waals surface area (Å²) >= 11 is 0. The number of allylic oxidation sites excluding steroid dienone is 1. The normalized spacial score (nSPS) is 37.8. The minimum Gasteiger partial charge on any atom is -0.393 e. The maximum Gasteiger partial charge on any atom is 0.342 e. The Bertz CT molecular complexity index is 531. The van der Waals surface area contributed by atoms with Crippen molar-refractivity contribution in [1.29, 1.82) is 0 Å². The van der Waals surface area contributed by atoms with E-state index in [0.717, 1.165) is 0 Å². The van der Waals surface area contributed by atoms with Gasteiger partial charge in [-0.15, -0.1) is 0 Å². The fourth-order valence-corrected chi connectivity index (χ4v) is 3.14. The molecular formula is C13H12O6. The van der Waals surface area contributed by atoms with Gasteiger partial charge in [-0.2, -0.15) is 0 Å². The zero-order valence-electron chi connectivity index (χ0n) is 10.3. The molecule has 0 amide bonds. The number of cyclic esters (lactones) is 4. The van der Waals surface area contributed by atoms with E-state index in [4.69, 9.17) is 0 Å². The number of ether oxygens (including phenoxy) is 2. The number of carbonyl (C=O) groups is 4. The topological polar surface area (TPSA) is 86.7 Å². The van der Waals surface area contributed by atoms with Gasteiger partial charge >= 0.3 is 23.9 Å². The van der Waals surface area contributed by atoms with E-state index in [1.807, 2.05) is 6.92 Å². The molecule has 0 saturated carbocycles. The minimum absolute atomic E-state index is 0.0483. The van der Waals surface area contributed by atoms with Crippen LogP contribution < -0.4 is 0 Å². The molecule has 2 saturated heterocycles. The van der Waals surface area contributed by atoms with E-state index < -0.39 is 35.7 Å². The number of hydrogen-bond acceptors (Lipinski definition) is 6. The van der Waals surface area contributed by atoms with Crippen molar-refractivity contribution < 1.29 is 28.7 Å². The Morgan fingerprint density at radius 2 is 1.84 bits per heavy atom. The lowest BCUT2D eigenvalue weighted by atomic mass is 9.70. The monoisotopic (exact) mass is 264 g/mol.